The molecule has 2 rings (SSSR count). The Kier molecular flexibility index (Phi) is 3.35. The summed E-state index contributed by atoms with van der Waals surface area (Å²) in [5.41, 5.74) is 5.64. The second-order valence-corrected chi connectivity index (χ2v) is 4.29. The number of rotatable bonds is 3. The molecule has 0 amide bonds. The zero-order valence-corrected chi connectivity index (χ0v) is 9.30. The number of hydrogen-bond acceptors (Lipinski definition) is 4. The summed E-state index contributed by atoms with van der Waals surface area (Å²) in [7, 11) is 0. The molecule has 17 heavy (non-hydrogen) atoms. The Labute approximate surface area is 98.2 Å². The molecule has 0 spiro atoms. The van der Waals surface area contributed by atoms with Crippen molar-refractivity contribution in [1.82, 2.24) is 4.90 Å². The van der Waals surface area contributed by atoms with Gasteiger partial charge in [0.1, 0.15) is 0 Å². The summed E-state index contributed by atoms with van der Waals surface area (Å²) in [6, 6.07) is 4.38. The maximum atomic E-state index is 13.8. The molecule has 92 valence electrons. The molecule has 1 unspecified atom stereocenters. The van der Waals surface area contributed by atoms with Crippen LogP contribution >= 0.6 is 0 Å². The molecule has 1 fully saturated rings. The van der Waals surface area contributed by atoms with E-state index in [-0.39, 0.29) is 6.04 Å². The Bertz CT molecular complexity index is 439. The number of nitro benzene ring substituents is 1. The predicted molar refractivity (Wildman–Crippen MR) is 60.9 cm³/mol. The lowest BCUT2D eigenvalue weighted by Gasteiger charge is -2.15. The van der Waals surface area contributed by atoms with Gasteiger partial charge in [-0.2, -0.15) is 4.39 Å². The van der Waals surface area contributed by atoms with Crippen LogP contribution in [-0.2, 0) is 6.54 Å². The molecule has 6 heteroatoms. The number of hydrogen-bond donors (Lipinski definition) is 1. The fourth-order valence-electron chi connectivity index (χ4n) is 2.08. The van der Waals surface area contributed by atoms with Crippen LogP contribution in [0.2, 0.25) is 0 Å². The minimum absolute atomic E-state index is 0.122. The fraction of sp³-hybridized carbons (Fsp3) is 0.455. The number of nitro groups is 1. The average Bonchev–Trinajstić information content (AvgIpc) is 2.67. The number of halogens is 1. The van der Waals surface area contributed by atoms with Crippen molar-refractivity contribution in [3.8, 4) is 0 Å². The van der Waals surface area contributed by atoms with E-state index in [0.29, 0.717) is 18.7 Å². The zero-order chi connectivity index (χ0) is 12.4. The van der Waals surface area contributed by atoms with Gasteiger partial charge in [0, 0.05) is 37.3 Å². The van der Waals surface area contributed by atoms with Crippen LogP contribution in [0.3, 0.4) is 0 Å². The summed E-state index contributed by atoms with van der Waals surface area (Å²) in [6.45, 7) is 1.90. The van der Waals surface area contributed by atoms with Gasteiger partial charge >= 0.3 is 5.69 Å². The van der Waals surface area contributed by atoms with E-state index in [4.69, 9.17) is 5.73 Å². The number of nitrogens with two attached hydrogens (primary N) is 1. The standard InChI is InChI=1S/C11H14FN3O2/c12-11-8(2-1-3-10(11)15(16)17)6-14-5-4-9(13)7-14/h1-3,9H,4-7,13H2. The van der Waals surface area contributed by atoms with E-state index in [9.17, 15) is 14.5 Å². The van der Waals surface area contributed by atoms with E-state index in [1.54, 1.807) is 6.07 Å². The summed E-state index contributed by atoms with van der Waals surface area (Å²) >= 11 is 0. The summed E-state index contributed by atoms with van der Waals surface area (Å²) in [6.07, 6.45) is 0.885. The summed E-state index contributed by atoms with van der Waals surface area (Å²) < 4.78 is 13.8. The highest BCUT2D eigenvalue weighted by atomic mass is 19.1. The van der Waals surface area contributed by atoms with Crippen LogP contribution in [-0.4, -0.2) is 29.0 Å². The molecule has 0 bridgehead atoms. The molecule has 1 aromatic carbocycles. The van der Waals surface area contributed by atoms with Crippen molar-refractivity contribution in [2.45, 2.75) is 19.0 Å². The highest BCUT2D eigenvalue weighted by Crippen LogP contribution is 2.22. The van der Waals surface area contributed by atoms with Gasteiger partial charge in [-0.1, -0.05) is 12.1 Å². The molecule has 0 aromatic heterocycles. The summed E-state index contributed by atoms with van der Waals surface area (Å²) in [5.74, 6) is -0.738. The first-order valence-corrected chi connectivity index (χ1v) is 5.47. The third kappa shape index (κ3) is 2.59. The zero-order valence-electron chi connectivity index (χ0n) is 9.30. The highest BCUT2D eigenvalue weighted by Gasteiger charge is 2.22. The van der Waals surface area contributed by atoms with Gasteiger partial charge < -0.3 is 5.73 Å². The third-order valence-electron chi connectivity index (χ3n) is 2.96. The van der Waals surface area contributed by atoms with Crippen LogP contribution in [0, 0.1) is 15.9 Å². The predicted octanol–water partition coefficient (Wildman–Crippen LogP) is 1.27. The van der Waals surface area contributed by atoms with Crippen LogP contribution in [0.15, 0.2) is 18.2 Å². The van der Waals surface area contributed by atoms with Crippen molar-refractivity contribution in [3.63, 3.8) is 0 Å². The Balaban J connectivity index is 2.16. The minimum atomic E-state index is -0.738. The Morgan fingerprint density at radius 3 is 2.94 bits per heavy atom. The number of likely N-dealkylation sites (tertiary alicyclic amines) is 1. The normalized spacial score (nSPS) is 20.7. The van der Waals surface area contributed by atoms with E-state index < -0.39 is 16.4 Å². The van der Waals surface area contributed by atoms with Crippen LogP contribution in [0.5, 0.6) is 0 Å². The lowest BCUT2D eigenvalue weighted by atomic mass is 10.1. The van der Waals surface area contributed by atoms with E-state index in [2.05, 4.69) is 0 Å². The van der Waals surface area contributed by atoms with Crippen LogP contribution in [0.25, 0.3) is 0 Å². The quantitative estimate of drug-likeness (QED) is 0.636. The Morgan fingerprint density at radius 1 is 1.59 bits per heavy atom. The molecule has 2 N–H and O–H groups in total. The molecule has 5 nitrogen and oxygen atoms in total. The topological polar surface area (TPSA) is 72.4 Å². The average molecular weight is 239 g/mol. The van der Waals surface area contributed by atoms with Crippen molar-refractivity contribution in [2.24, 2.45) is 5.73 Å². The van der Waals surface area contributed by atoms with Crippen molar-refractivity contribution >= 4 is 5.69 Å². The van der Waals surface area contributed by atoms with E-state index in [0.717, 1.165) is 13.0 Å². The molecule has 1 saturated heterocycles. The molecule has 1 atom stereocenters. The molecule has 0 saturated carbocycles. The van der Waals surface area contributed by atoms with Crippen molar-refractivity contribution in [3.05, 3.63) is 39.7 Å². The molecule has 1 aliphatic rings. The van der Waals surface area contributed by atoms with Gasteiger partial charge in [0.15, 0.2) is 0 Å². The van der Waals surface area contributed by atoms with Crippen LogP contribution in [0.4, 0.5) is 10.1 Å². The Hall–Kier alpha value is -1.53. The SMILES string of the molecule is NC1CCN(Cc2cccc([N+](=O)[O-])c2F)C1. The van der Waals surface area contributed by atoms with Crippen molar-refractivity contribution in [1.29, 1.82) is 0 Å². The second kappa shape index (κ2) is 4.77. The third-order valence-corrected chi connectivity index (χ3v) is 2.96. The van der Waals surface area contributed by atoms with Gasteiger partial charge in [0.2, 0.25) is 5.82 Å². The van der Waals surface area contributed by atoms with Crippen molar-refractivity contribution < 1.29 is 9.31 Å². The van der Waals surface area contributed by atoms with Gasteiger partial charge in [-0.3, -0.25) is 15.0 Å². The molecular weight excluding hydrogens is 225 g/mol. The maximum Gasteiger partial charge on any atom is 0.305 e. The highest BCUT2D eigenvalue weighted by molar-refractivity contribution is 5.36. The maximum absolute atomic E-state index is 13.8. The number of benzene rings is 1. The van der Waals surface area contributed by atoms with E-state index in [1.807, 2.05) is 4.90 Å². The smallest absolute Gasteiger partial charge is 0.305 e. The first-order valence-electron chi connectivity index (χ1n) is 5.47. The summed E-state index contributed by atoms with van der Waals surface area (Å²) in [4.78, 5) is 11.9. The fourth-order valence-corrected chi connectivity index (χ4v) is 2.08. The van der Waals surface area contributed by atoms with Gasteiger partial charge in [0.05, 0.1) is 4.92 Å². The number of nitrogens with zero attached hydrogens (tertiary/aromatic N) is 2. The molecule has 1 aliphatic heterocycles. The summed E-state index contributed by atoms with van der Waals surface area (Å²) in [5, 5.41) is 10.6. The molecule has 0 aliphatic carbocycles. The first kappa shape index (κ1) is 11.9. The van der Waals surface area contributed by atoms with Gasteiger partial charge in [0.25, 0.3) is 0 Å². The minimum Gasteiger partial charge on any atom is -0.326 e. The lowest BCUT2D eigenvalue weighted by molar-refractivity contribution is -0.387. The largest absolute Gasteiger partial charge is 0.326 e. The van der Waals surface area contributed by atoms with Crippen LogP contribution in [0.1, 0.15) is 12.0 Å². The molecule has 0 radical (unpaired) electrons. The van der Waals surface area contributed by atoms with Gasteiger partial charge in [-0.05, 0) is 6.42 Å². The monoisotopic (exact) mass is 239 g/mol. The van der Waals surface area contributed by atoms with Crippen molar-refractivity contribution in [2.75, 3.05) is 13.1 Å². The molecule has 1 heterocycles. The van der Waals surface area contributed by atoms with E-state index in [1.165, 1.54) is 12.1 Å². The van der Waals surface area contributed by atoms with Gasteiger partial charge in [-0.15, -0.1) is 0 Å². The molecule has 1 aromatic rings. The van der Waals surface area contributed by atoms with Crippen LogP contribution < -0.4 is 5.73 Å². The lowest BCUT2D eigenvalue weighted by Crippen LogP contribution is -2.26. The van der Waals surface area contributed by atoms with E-state index >= 15 is 0 Å². The van der Waals surface area contributed by atoms with Gasteiger partial charge in [-0.25, -0.2) is 0 Å². The Morgan fingerprint density at radius 2 is 2.35 bits per heavy atom. The second-order valence-electron chi connectivity index (χ2n) is 4.29. The first-order chi connectivity index (χ1) is 8.08. The molecular formula is C11H14FN3O2.